The minimum Gasteiger partial charge on any atom is -0.414 e. The Labute approximate surface area is 139 Å². The number of carbonyl (C=O) groups excluding carboxylic acids is 1. The highest BCUT2D eigenvalue weighted by atomic mass is 35.5. The second-order valence-electron chi connectivity index (χ2n) is 7.71. The second kappa shape index (κ2) is 6.42. The molecule has 0 N–H and O–H groups in total. The molecule has 0 amide bonds. The van der Waals surface area contributed by atoms with E-state index >= 15 is 0 Å². The molecule has 0 radical (unpaired) electrons. The van der Waals surface area contributed by atoms with Gasteiger partial charge in [0.25, 0.3) is 0 Å². The maximum atomic E-state index is 12.3. The molecule has 122 valence electrons. The summed E-state index contributed by atoms with van der Waals surface area (Å²) in [4.78, 5) is 16.4. The van der Waals surface area contributed by atoms with Crippen LogP contribution in [-0.2, 0) is 9.22 Å². The Morgan fingerprint density at radius 3 is 2.55 bits per heavy atom. The van der Waals surface area contributed by atoms with E-state index in [-0.39, 0.29) is 17.1 Å². The summed E-state index contributed by atoms with van der Waals surface area (Å²) >= 11 is 5.84. The molecule has 3 nitrogen and oxygen atoms in total. The van der Waals surface area contributed by atoms with Gasteiger partial charge in [0.15, 0.2) is 8.32 Å². The average Bonchev–Trinajstić information content (AvgIpc) is 2.40. The van der Waals surface area contributed by atoms with Gasteiger partial charge in [0.1, 0.15) is 10.9 Å². The van der Waals surface area contributed by atoms with Gasteiger partial charge in [-0.15, -0.1) is 0 Å². The first-order valence-electron chi connectivity index (χ1n) is 7.92. The predicted octanol–water partition coefficient (Wildman–Crippen LogP) is 4.96. The van der Waals surface area contributed by atoms with E-state index in [4.69, 9.17) is 16.0 Å². The minimum atomic E-state index is -1.80. The Morgan fingerprint density at radius 1 is 1.32 bits per heavy atom. The van der Waals surface area contributed by atoms with Crippen LogP contribution in [0.25, 0.3) is 0 Å². The van der Waals surface area contributed by atoms with Crippen LogP contribution in [-0.4, -0.2) is 25.2 Å². The van der Waals surface area contributed by atoms with Crippen molar-refractivity contribution >= 4 is 25.7 Å². The molecule has 1 heterocycles. The number of Topliss-reactive ketones (excluding diaryl/α,β-unsaturated/α-hetero) is 1. The maximum Gasteiger partial charge on any atom is 0.192 e. The molecule has 0 bridgehead atoms. The molecule has 22 heavy (non-hydrogen) atoms. The fourth-order valence-electron chi connectivity index (χ4n) is 2.61. The zero-order chi connectivity index (χ0) is 16.5. The summed E-state index contributed by atoms with van der Waals surface area (Å²) in [5.41, 5.74) is 0.956. The molecule has 1 aromatic rings. The Kier molecular flexibility index (Phi) is 5.15. The maximum absolute atomic E-state index is 12.3. The molecule has 0 aliphatic heterocycles. The van der Waals surface area contributed by atoms with Crippen LogP contribution in [0.15, 0.2) is 18.3 Å². The van der Waals surface area contributed by atoms with Crippen LogP contribution >= 0.6 is 11.6 Å². The molecular formula is C17H26ClNO2Si. The molecule has 0 spiro atoms. The molecule has 0 saturated heterocycles. The highest BCUT2D eigenvalue weighted by Gasteiger charge is 2.41. The number of hydrogen-bond acceptors (Lipinski definition) is 3. The van der Waals surface area contributed by atoms with Gasteiger partial charge in [-0.05, 0) is 42.6 Å². The summed E-state index contributed by atoms with van der Waals surface area (Å²) in [6, 6.07) is 3.66. The van der Waals surface area contributed by atoms with Crippen LogP contribution in [0.2, 0.25) is 23.3 Å². The minimum absolute atomic E-state index is 0.103. The summed E-state index contributed by atoms with van der Waals surface area (Å²) in [6.45, 7) is 11.3. The van der Waals surface area contributed by atoms with Gasteiger partial charge in [0, 0.05) is 24.6 Å². The number of pyridine rings is 1. The zero-order valence-electron chi connectivity index (χ0n) is 14.1. The third-order valence-corrected chi connectivity index (χ3v) is 9.78. The summed E-state index contributed by atoms with van der Waals surface area (Å²) in [5.74, 6) is 0.187. The molecule has 2 rings (SSSR count). The van der Waals surface area contributed by atoms with Gasteiger partial charge in [-0.3, -0.25) is 4.79 Å². The van der Waals surface area contributed by atoms with Crippen molar-refractivity contribution in [3.63, 3.8) is 0 Å². The quantitative estimate of drug-likeness (QED) is 0.577. The normalized spacial score (nSPS) is 23.6. The molecule has 5 heteroatoms. The van der Waals surface area contributed by atoms with Gasteiger partial charge in [-0.25, -0.2) is 4.98 Å². The van der Waals surface area contributed by atoms with Crippen molar-refractivity contribution in [1.29, 1.82) is 0 Å². The van der Waals surface area contributed by atoms with Gasteiger partial charge < -0.3 is 4.43 Å². The van der Waals surface area contributed by atoms with Crippen LogP contribution < -0.4 is 0 Å². The third kappa shape index (κ3) is 3.97. The van der Waals surface area contributed by atoms with Crippen molar-refractivity contribution in [1.82, 2.24) is 4.98 Å². The van der Waals surface area contributed by atoms with E-state index in [0.717, 1.165) is 18.4 Å². The molecule has 1 saturated carbocycles. The number of ketones is 1. The van der Waals surface area contributed by atoms with E-state index in [0.29, 0.717) is 17.4 Å². The number of carbonyl (C=O) groups is 1. The van der Waals surface area contributed by atoms with Crippen molar-refractivity contribution in [2.24, 2.45) is 0 Å². The summed E-state index contributed by atoms with van der Waals surface area (Å²) < 4.78 is 6.51. The summed E-state index contributed by atoms with van der Waals surface area (Å²) in [7, 11) is -1.80. The van der Waals surface area contributed by atoms with Gasteiger partial charge >= 0.3 is 0 Å². The highest BCUT2D eigenvalue weighted by molar-refractivity contribution is 6.74. The predicted molar refractivity (Wildman–Crippen MR) is 92.9 cm³/mol. The topological polar surface area (TPSA) is 39.2 Å². The molecule has 1 aromatic heterocycles. The molecule has 1 unspecified atom stereocenters. The number of halogens is 1. The van der Waals surface area contributed by atoms with Crippen molar-refractivity contribution in [2.75, 3.05) is 0 Å². The second-order valence-corrected chi connectivity index (χ2v) is 12.9. The third-order valence-electron chi connectivity index (χ3n) is 5.02. The SMILES string of the molecule is CC(C)(C)[Si](C)(C)O[C@H]1CCC(=O)C(c2ccc(Cl)nc2)C1. The largest absolute Gasteiger partial charge is 0.414 e. The smallest absolute Gasteiger partial charge is 0.192 e. The van der Waals surface area contributed by atoms with E-state index in [1.807, 2.05) is 6.07 Å². The highest BCUT2D eigenvalue weighted by Crippen LogP contribution is 2.40. The molecule has 1 fully saturated rings. The Morgan fingerprint density at radius 2 is 2.00 bits per heavy atom. The van der Waals surface area contributed by atoms with Crippen molar-refractivity contribution in [3.8, 4) is 0 Å². The van der Waals surface area contributed by atoms with Crippen LogP contribution in [0, 0.1) is 0 Å². The van der Waals surface area contributed by atoms with Crippen LogP contribution in [0.5, 0.6) is 0 Å². The lowest BCUT2D eigenvalue weighted by Gasteiger charge is -2.41. The number of rotatable bonds is 3. The molecular weight excluding hydrogens is 314 g/mol. The standard InChI is InChI=1S/C17H26ClNO2Si/c1-17(2,3)22(4,5)21-13-7-8-15(20)14(10-13)12-6-9-16(18)19-11-12/h6,9,11,13-14H,7-8,10H2,1-5H3/t13-,14?/m0/s1. The first kappa shape index (κ1) is 17.6. The fourth-order valence-corrected chi connectivity index (χ4v) is 4.12. The lowest BCUT2D eigenvalue weighted by Crippen LogP contribution is -2.45. The van der Waals surface area contributed by atoms with E-state index in [9.17, 15) is 4.79 Å². The first-order valence-corrected chi connectivity index (χ1v) is 11.2. The van der Waals surface area contributed by atoms with Gasteiger partial charge in [-0.1, -0.05) is 38.4 Å². The van der Waals surface area contributed by atoms with E-state index in [1.165, 1.54) is 0 Å². The first-order chi connectivity index (χ1) is 10.1. The molecule has 1 aliphatic carbocycles. The van der Waals surface area contributed by atoms with E-state index in [2.05, 4.69) is 38.8 Å². The van der Waals surface area contributed by atoms with Crippen LogP contribution in [0.1, 0.15) is 51.5 Å². The molecule has 2 atom stereocenters. The van der Waals surface area contributed by atoms with Crippen LogP contribution in [0.3, 0.4) is 0 Å². The lowest BCUT2D eigenvalue weighted by atomic mass is 9.82. The zero-order valence-corrected chi connectivity index (χ0v) is 15.9. The van der Waals surface area contributed by atoms with E-state index < -0.39 is 8.32 Å². The van der Waals surface area contributed by atoms with E-state index in [1.54, 1.807) is 12.3 Å². The van der Waals surface area contributed by atoms with Crippen LogP contribution in [0.4, 0.5) is 0 Å². The van der Waals surface area contributed by atoms with Crippen molar-refractivity contribution < 1.29 is 9.22 Å². The number of hydrogen-bond donors (Lipinski definition) is 0. The number of nitrogens with zero attached hydrogens (tertiary/aromatic N) is 1. The monoisotopic (exact) mass is 339 g/mol. The summed E-state index contributed by atoms with van der Waals surface area (Å²) in [6.07, 6.45) is 4.07. The molecule has 0 aromatic carbocycles. The Hall–Kier alpha value is -0.713. The van der Waals surface area contributed by atoms with Crippen molar-refractivity contribution in [3.05, 3.63) is 29.0 Å². The Balaban J connectivity index is 2.11. The molecule has 1 aliphatic rings. The van der Waals surface area contributed by atoms with Gasteiger partial charge in [0.05, 0.1) is 0 Å². The van der Waals surface area contributed by atoms with Gasteiger partial charge in [-0.2, -0.15) is 0 Å². The van der Waals surface area contributed by atoms with Gasteiger partial charge in [0.2, 0.25) is 0 Å². The average molecular weight is 340 g/mol. The fraction of sp³-hybridized carbons (Fsp3) is 0.647. The lowest BCUT2D eigenvalue weighted by molar-refractivity contribution is -0.123. The Bertz CT molecular complexity index is 537. The van der Waals surface area contributed by atoms with Crippen molar-refractivity contribution in [2.45, 2.75) is 70.2 Å². The number of aromatic nitrogens is 1. The summed E-state index contributed by atoms with van der Waals surface area (Å²) in [5, 5.41) is 0.646.